The van der Waals surface area contributed by atoms with Crippen molar-refractivity contribution in [1.82, 2.24) is 0 Å². The molecule has 0 spiro atoms. The lowest BCUT2D eigenvalue weighted by Crippen LogP contribution is -2.43. The average molecular weight is 315 g/mol. The molecule has 122 valence electrons. The maximum absolute atomic E-state index is 2.53. The van der Waals surface area contributed by atoms with Crippen LogP contribution in [0.3, 0.4) is 0 Å². The molecule has 1 aliphatic heterocycles. The number of anilines is 2. The van der Waals surface area contributed by atoms with E-state index < -0.39 is 0 Å². The zero-order chi connectivity index (χ0) is 17.1. The SMILES string of the molecule is CC1(C)c2ccccc2N(C(C)(C)C)c2c1ccc1ccccc21. The highest BCUT2D eigenvalue weighted by atomic mass is 15.2. The number of para-hydroxylation sites is 1. The van der Waals surface area contributed by atoms with Gasteiger partial charge in [-0.05, 0) is 43.4 Å². The summed E-state index contributed by atoms with van der Waals surface area (Å²) in [6, 6.07) is 22.2. The Bertz CT molecular complexity index is 928. The number of hydrogen-bond acceptors (Lipinski definition) is 1. The fraction of sp³-hybridized carbons (Fsp3) is 0.304. The number of benzene rings is 3. The van der Waals surface area contributed by atoms with Gasteiger partial charge >= 0.3 is 0 Å². The molecule has 0 N–H and O–H groups in total. The van der Waals surface area contributed by atoms with Crippen molar-refractivity contribution in [2.75, 3.05) is 4.90 Å². The lowest BCUT2D eigenvalue weighted by molar-refractivity contribution is 0.532. The molecule has 0 unspecified atom stereocenters. The van der Waals surface area contributed by atoms with E-state index in [2.05, 4.69) is 100 Å². The zero-order valence-electron chi connectivity index (χ0n) is 15.2. The molecule has 3 aromatic carbocycles. The van der Waals surface area contributed by atoms with Crippen LogP contribution in [-0.2, 0) is 5.41 Å². The standard InChI is InChI=1S/C23H25N/c1-22(2,3)24-20-13-9-8-12-18(20)23(4,5)19-15-14-16-10-6-7-11-17(16)21(19)24/h6-15H,1-5H3. The normalized spacial score (nSPS) is 16.0. The lowest BCUT2D eigenvalue weighted by atomic mass is 9.72. The largest absolute Gasteiger partial charge is 0.335 e. The van der Waals surface area contributed by atoms with Crippen LogP contribution in [0.4, 0.5) is 11.4 Å². The Balaban J connectivity index is 2.17. The van der Waals surface area contributed by atoms with Gasteiger partial charge in [-0.25, -0.2) is 0 Å². The predicted octanol–water partition coefficient (Wildman–Crippen LogP) is 6.42. The van der Waals surface area contributed by atoms with Gasteiger partial charge in [0.05, 0.1) is 5.69 Å². The molecule has 0 amide bonds. The molecule has 0 radical (unpaired) electrons. The number of rotatable bonds is 0. The molecule has 0 atom stereocenters. The fourth-order valence-electron chi connectivity index (χ4n) is 4.16. The third-order valence-electron chi connectivity index (χ3n) is 5.29. The number of fused-ring (bicyclic) bond motifs is 4. The van der Waals surface area contributed by atoms with Crippen LogP contribution in [0.15, 0.2) is 60.7 Å². The van der Waals surface area contributed by atoms with Crippen LogP contribution in [-0.4, -0.2) is 5.54 Å². The van der Waals surface area contributed by atoms with Crippen LogP contribution >= 0.6 is 0 Å². The highest BCUT2D eigenvalue weighted by Gasteiger charge is 2.40. The van der Waals surface area contributed by atoms with Gasteiger partial charge in [0, 0.05) is 22.0 Å². The molecule has 0 fully saturated rings. The summed E-state index contributed by atoms with van der Waals surface area (Å²) in [5.74, 6) is 0. The second-order valence-electron chi connectivity index (χ2n) is 8.33. The summed E-state index contributed by atoms with van der Waals surface area (Å²) in [4.78, 5) is 2.53. The molecule has 1 heterocycles. The lowest BCUT2D eigenvalue weighted by Gasteiger charge is -2.48. The van der Waals surface area contributed by atoms with Gasteiger partial charge in [0.2, 0.25) is 0 Å². The summed E-state index contributed by atoms with van der Waals surface area (Å²) in [7, 11) is 0. The van der Waals surface area contributed by atoms with E-state index in [1.807, 2.05) is 0 Å². The van der Waals surface area contributed by atoms with Crippen molar-refractivity contribution in [1.29, 1.82) is 0 Å². The van der Waals surface area contributed by atoms with E-state index in [1.165, 1.54) is 33.3 Å². The molecule has 1 heteroatoms. The molecule has 0 saturated carbocycles. The second-order valence-corrected chi connectivity index (χ2v) is 8.33. The summed E-state index contributed by atoms with van der Waals surface area (Å²) in [5.41, 5.74) is 5.52. The van der Waals surface area contributed by atoms with Gasteiger partial charge in [0.15, 0.2) is 0 Å². The van der Waals surface area contributed by atoms with Crippen LogP contribution < -0.4 is 4.90 Å². The first-order valence-electron chi connectivity index (χ1n) is 8.74. The van der Waals surface area contributed by atoms with Crippen molar-refractivity contribution in [3.05, 3.63) is 71.8 Å². The van der Waals surface area contributed by atoms with Crippen molar-refractivity contribution in [2.45, 2.75) is 45.6 Å². The fourth-order valence-corrected chi connectivity index (χ4v) is 4.16. The summed E-state index contributed by atoms with van der Waals surface area (Å²) >= 11 is 0. The van der Waals surface area contributed by atoms with Crippen LogP contribution in [0.2, 0.25) is 0 Å². The van der Waals surface area contributed by atoms with Crippen LogP contribution in [0, 0.1) is 0 Å². The quantitative estimate of drug-likeness (QED) is 0.463. The van der Waals surface area contributed by atoms with Crippen LogP contribution in [0.1, 0.15) is 45.7 Å². The van der Waals surface area contributed by atoms with E-state index in [0.717, 1.165) is 0 Å². The Morgan fingerprint density at radius 3 is 2.17 bits per heavy atom. The molecule has 4 rings (SSSR count). The first kappa shape index (κ1) is 15.3. The predicted molar refractivity (Wildman–Crippen MR) is 104 cm³/mol. The van der Waals surface area contributed by atoms with E-state index in [0.29, 0.717) is 0 Å². The van der Waals surface area contributed by atoms with E-state index in [9.17, 15) is 0 Å². The van der Waals surface area contributed by atoms with Gasteiger partial charge < -0.3 is 4.90 Å². The van der Waals surface area contributed by atoms with Gasteiger partial charge in [-0.15, -0.1) is 0 Å². The second kappa shape index (κ2) is 4.86. The summed E-state index contributed by atoms with van der Waals surface area (Å²) in [6.07, 6.45) is 0. The third kappa shape index (κ3) is 2.00. The minimum atomic E-state index is -0.00227. The van der Waals surface area contributed by atoms with Gasteiger partial charge in [-0.1, -0.05) is 68.4 Å². The van der Waals surface area contributed by atoms with Crippen molar-refractivity contribution in [3.8, 4) is 0 Å². The van der Waals surface area contributed by atoms with Gasteiger partial charge in [-0.3, -0.25) is 0 Å². The number of nitrogens with zero attached hydrogens (tertiary/aromatic N) is 1. The highest BCUT2D eigenvalue weighted by molar-refractivity contribution is 6.00. The first-order chi connectivity index (χ1) is 11.3. The minimum Gasteiger partial charge on any atom is -0.335 e. The Morgan fingerprint density at radius 2 is 1.42 bits per heavy atom. The monoisotopic (exact) mass is 315 g/mol. The van der Waals surface area contributed by atoms with Gasteiger partial charge in [0.1, 0.15) is 0 Å². The maximum Gasteiger partial charge on any atom is 0.0536 e. The average Bonchev–Trinajstić information content (AvgIpc) is 2.53. The number of hydrogen-bond donors (Lipinski definition) is 0. The molecule has 0 saturated heterocycles. The molecule has 3 aromatic rings. The van der Waals surface area contributed by atoms with E-state index >= 15 is 0 Å². The van der Waals surface area contributed by atoms with Crippen LogP contribution in [0.25, 0.3) is 10.8 Å². The van der Waals surface area contributed by atoms with Gasteiger partial charge in [-0.2, -0.15) is 0 Å². The Kier molecular flexibility index (Phi) is 3.09. The Morgan fingerprint density at radius 1 is 0.750 bits per heavy atom. The van der Waals surface area contributed by atoms with Crippen molar-refractivity contribution < 1.29 is 0 Å². The van der Waals surface area contributed by atoms with Crippen molar-refractivity contribution in [2.24, 2.45) is 0 Å². The Hall–Kier alpha value is -2.28. The molecular weight excluding hydrogens is 290 g/mol. The molecule has 1 nitrogen and oxygen atoms in total. The molecule has 0 aromatic heterocycles. The van der Waals surface area contributed by atoms with E-state index in [-0.39, 0.29) is 11.0 Å². The Labute approximate surface area is 144 Å². The van der Waals surface area contributed by atoms with E-state index in [4.69, 9.17) is 0 Å². The smallest absolute Gasteiger partial charge is 0.0536 e. The molecule has 0 bridgehead atoms. The zero-order valence-corrected chi connectivity index (χ0v) is 15.2. The van der Waals surface area contributed by atoms with Gasteiger partial charge in [0.25, 0.3) is 0 Å². The first-order valence-corrected chi connectivity index (χ1v) is 8.74. The minimum absolute atomic E-state index is 0.00227. The van der Waals surface area contributed by atoms with Crippen molar-refractivity contribution in [3.63, 3.8) is 0 Å². The van der Waals surface area contributed by atoms with Crippen molar-refractivity contribution >= 4 is 22.1 Å². The molecule has 24 heavy (non-hydrogen) atoms. The van der Waals surface area contributed by atoms with E-state index in [1.54, 1.807) is 0 Å². The molecule has 1 aliphatic rings. The van der Waals surface area contributed by atoms with Crippen LogP contribution in [0.5, 0.6) is 0 Å². The topological polar surface area (TPSA) is 3.24 Å². The maximum atomic E-state index is 2.53. The molecule has 0 aliphatic carbocycles. The highest BCUT2D eigenvalue weighted by Crippen LogP contribution is 2.53. The summed E-state index contributed by atoms with van der Waals surface area (Å²) in [5, 5.41) is 2.65. The third-order valence-corrected chi connectivity index (χ3v) is 5.29. The summed E-state index contributed by atoms with van der Waals surface area (Å²) < 4.78 is 0. The summed E-state index contributed by atoms with van der Waals surface area (Å²) in [6.45, 7) is 11.6. The molecular formula is C23H25N.